The third-order valence-corrected chi connectivity index (χ3v) is 3.51. The zero-order valence-corrected chi connectivity index (χ0v) is 13.9. The molecule has 0 fully saturated rings. The molecule has 1 unspecified atom stereocenters. The number of benzene rings is 1. The third-order valence-electron chi connectivity index (χ3n) is 3.51. The summed E-state index contributed by atoms with van der Waals surface area (Å²) in [6.45, 7) is 0.385. The fourth-order valence-electron chi connectivity index (χ4n) is 2.23. The van der Waals surface area contributed by atoms with E-state index in [0.29, 0.717) is 32.2 Å². The van der Waals surface area contributed by atoms with Crippen LogP contribution in [-0.4, -0.2) is 42.6 Å². The second-order valence-electron chi connectivity index (χ2n) is 5.50. The summed E-state index contributed by atoms with van der Waals surface area (Å²) >= 11 is 0. The van der Waals surface area contributed by atoms with Crippen molar-refractivity contribution in [1.29, 1.82) is 0 Å². The van der Waals surface area contributed by atoms with E-state index in [4.69, 9.17) is 5.11 Å². The Bertz CT molecular complexity index is 534. The SMILES string of the molecule is CNC(=O)CCCNC(=O)NC(CCC(=O)O)Cc1ccccc1. The predicted octanol–water partition coefficient (Wildman–Crippen LogP) is 1.29. The van der Waals surface area contributed by atoms with Gasteiger partial charge in [0.05, 0.1) is 0 Å². The molecule has 24 heavy (non-hydrogen) atoms. The van der Waals surface area contributed by atoms with Crippen LogP contribution < -0.4 is 16.0 Å². The van der Waals surface area contributed by atoms with E-state index in [1.165, 1.54) is 0 Å². The number of aliphatic carboxylic acids is 1. The van der Waals surface area contributed by atoms with Crippen molar-refractivity contribution in [3.8, 4) is 0 Å². The molecule has 1 atom stereocenters. The lowest BCUT2D eigenvalue weighted by atomic mass is 10.0. The molecule has 0 aromatic heterocycles. The molecule has 7 heteroatoms. The van der Waals surface area contributed by atoms with Gasteiger partial charge in [0.2, 0.25) is 5.91 Å². The summed E-state index contributed by atoms with van der Waals surface area (Å²) in [6, 6.07) is 8.99. The molecule has 1 rings (SSSR count). The molecule has 7 nitrogen and oxygen atoms in total. The van der Waals surface area contributed by atoms with E-state index in [9.17, 15) is 14.4 Å². The van der Waals surface area contributed by atoms with Crippen molar-refractivity contribution in [2.24, 2.45) is 0 Å². The minimum atomic E-state index is -0.888. The first kappa shape index (κ1) is 19.5. The Morgan fingerprint density at radius 3 is 2.46 bits per heavy atom. The molecule has 1 aromatic rings. The largest absolute Gasteiger partial charge is 0.481 e. The molecule has 0 spiro atoms. The fourth-order valence-corrected chi connectivity index (χ4v) is 2.23. The van der Waals surface area contributed by atoms with Gasteiger partial charge in [-0.15, -0.1) is 0 Å². The molecule has 0 saturated carbocycles. The number of urea groups is 1. The van der Waals surface area contributed by atoms with Crippen molar-refractivity contribution >= 4 is 17.9 Å². The van der Waals surface area contributed by atoms with Crippen LogP contribution >= 0.6 is 0 Å². The van der Waals surface area contributed by atoms with Crippen molar-refractivity contribution in [1.82, 2.24) is 16.0 Å². The average Bonchev–Trinajstić information content (AvgIpc) is 2.57. The van der Waals surface area contributed by atoms with E-state index < -0.39 is 5.97 Å². The van der Waals surface area contributed by atoms with Gasteiger partial charge in [-0.25, -0.2) is 4.79 Å². The molecule has 3 amide bonds. The van der Waals surface area contributed by atoms with Crippen LogP contribution in [0.1, 0.15) is 31.2 Å². The second-order valence-corrected chi connectivity index (χ2v) is 5.50. The molecule has 0 aliphatic carbocycles. The number of rotatable bonds is 10. The number of hydrogen-bond donors (Lipinski definition) is 4. The quantitative estimate of drug-likeness (QED) is 0.483. The maximum atomic E-state index is 11.9. The minimum absolute atomic E-state index is 0.00550. The summed E-state index contributed by atoms with van der Waals surface area (Å²) in [4.78, 5) is 33.8. The summed E-state index contributed by atoms with van der Waals surface area (Å²) in [5.41, 5.74) is 1.04. The van der Waals surface area contributed by atoms with Gasteiger partial charge in [-0.2, -0.15) is 0 Å². The molecule has 0 bridgehead atoms. The Kier molecular flexibility index (Phi) is 8.96. The Morgan fingerprint density at radius 2 is 1.83 bits per heavy atom. The molecule has 0 saturated heterocycles. The van der Waals surface area contributed by atoms with Crippen molar-refractivity contribution < 1.29 is 19.5 Å². The second kappa shape index (κ2) is 11.0. The number of hydrogen-bond acceptors (Lipinski definition) is 3. The molecule has 0 aliphatic heterocycles. The predicted molar refractivity (Wildman–Crippen MR) is 90.6 cm³/mol. The van der Waals surface area contributed by atoms with Gasteiger partial charge in [-0.05, 0) is 24.8 Å². The Labute approximate surface area is 141 Å². The highest BCUT2D eigenvalue weighted by Gasteiger charge is 2.14. The van der Waals surface area contributed by atoms with Gasteiger partial charge in [0, 0.05) is 32.5 Å². The number of nitrogens with one attached hydrogen (secondary N) is 3. The highest BCUT2D eigenvalue weighted by molar-refractivity contribution is 5.76. The van der Waals surface area contributed by atoms with Crippen LogP contribution in [-0.2, 0) is 16.0 Å². The summed E-state index contributed by atoms with van der Waals surface area (Å²) in [7, 11) is 1.57. The number of carbonyl (C=O) groups is 3. The lowest BCUT2D eigenvalue weighted by molar-refractivity contribution is -0.137. The van der Waals surface area contributed by atoms with Gasteiger partial charge >= 0.3 is 12.0 Å². The molecule has 132 valence electrons. The van der Waals surface area contributed by atoms with Gasteiger partial charge in [-0.3, -0.25) is 9.59 Å². The van der Waals surface area contributed by atoms with E-state index in [1.54, 1.807) is 7.05 Å². The standard InChI is InChI=1S/C17H25N3O4/c1-18-15(21)8-5-11-19-17(24)20-14(9-10-16(22)23)12-13-6-3-2-4-7-13/h2-4,6-7,14H,5,8-12H2,1H3,(H,18,21)(H,22,23)(H2,19,20,24). The topological polar surface area (TPSA) is 108 Å². The zero-order valence-electron chi connectivity index (χ0n) is 13.9. The van der Waals surface area contributed by atoms with Crippen LogP contribution in [0.25, 0.3) is 0 Å². The van der Waals surface area contributed by atoms with Crippen LogP contribution in [0.2, 0.25) is 0 Å². The number of carboxylic acid groups (broad SMARTS) is 1. The molecule has 0 radical (unpaired) electrons. The average molecular weight is 335 g/mol. The zero-order chi connectivity index (χ0) is 17.8. The van der Waals surface area contributed by atoms with Gasteiger partial charge in [0.15, 0.2) is 0 Å². The summed E-state index contributed by atoms with van der Waals surface area (Å²) < 4.78 is 0. The number of carbonyl (C=O) groups excluding carboxylic acids is 2. The van der Waals surface area contributed by atoms with Gasteiger partial charge < -0.3 is 21.1 Å². The maximum absolute atomic E-state index is 11.9. The fraction of sp³-hybridized carbons (Fsp3) is 0.471. The number of amides is 3. The van der Waals surface area contributed by atoms with Crippen LogP contribution in [0, 0.1) is 0 Å². The highest BCUT2D eigenvalue weighted by atomic mass is 16.4. The van der Waals surface area contributed by atoms with Crippen LogP contribution in [0.15, 0.2) is 30.3 Å². The van der Waals surface area contributed by atoms with Crippen molar-refractivity contribution in [2.45, 2.75) is 38.1 Å². The van der Waals surface area contributed by atoms with Crippen molar-refractivity contribution in [3.63, 3.8) is 0 Å². The molecular weight excluding hydrogens is 310 g/mol. The Hall–Kier alpha value is -2.57. The Morgan fingerprint density at radius 1 is 1.12 bits per heavy atom. The summed E-state index contributed by atoms with van der Waals surface area (Å²) in [5, 5.41) is 16.9. The van der Waals surface area contributed by atoms with E-state index in [1.807, 2.05) is 30.3 Å². The Balaban J connectivity index is 2.43. The third kappa shape index (κ3) is 8.77. The van der Waals surface area contributed by atoms with E-state index >= 15 is 0 Å². The molecule has 1 aromatic carbocycles. The normalized spacial score (nSPS) is 11.4. The monoisotopic (exact) mass is 335 g/mol. The van der Waals surface area contributed by atoms with Crippen LogP contribution in [0.3, 0.4) is 0 Å². The molecule has 4 N–H and O–H groups in total. The van der Waals surface area contributed by atoms with E-state index in [2.05, 4.69) is 16.0 Å². The van der Waals surface area contributed by atoms with Gasteiger partial charge in [-0.1, -0.05) is 30.3 Å². The van der Waals surface area contributed by atoms with Gasteiger partial charge in [0.1, 0.15) is 0 Å². The lowest BCUT2D eigenvalue weighted by Gasteiger charge is -2.18. The number of carboxylic acids is 1. The van der Waals surface area contributed by atoms with Crippen molar-refractivity contribution in [3.05, 3.63) is 35.9 Å². The first-order chi connectivity index (χ1) is 11.5. The minimum Gasteiger partial charge on any atom is -0.481 e. The van der Waals surface area contributed by atoms with E-state index in [-0.39, 0.29) is 24.4 Å². The smallest absolute Gasteiger partial charge is 0.315 e. The van der Waals surface area contributed by atoms with Crippen LogP contribution in [0.4, 0.5) is 4.79 Å². The van der Waals surface area contributed by atoms with Gasteiger partial charge in [0.25, 0.3) is 0 Å². The molecule has 0 aliphatic rings. The first-order valence-electron chi connectivity index (χ1n) is 8.02. The highest BCUT2D eigenvalue weighted by Crippen LogP contribution is 2.08. The van der Waals surface area contributed by atoms with Crippen molar-refractivity contribution in [2.75, 3.05) is 13.6 Å². The maximum Gasteiger partial charge on any atom is 0.315 e. The first-order valence-corrected chi connectivity index (χ1v) is 8.02. The lowest BCUT2D eigenvalue weighted by Crippen LogP contribution is -2.43. The van der Waals surface area contributed by atoms with Crippen LogP contribution in [0.5, 0.6) is 0 Å². The molecular formula is C17H25N3O4. The summed E-state index contributed by atoms with van der Waals surface area (Å²) in [5.74, 6) is -0.957. The summed E-state index contributed by atoms with van der Waals surface area (Å²) in [6.07, 6.45) is 1.82. The molecule has 0 heterocycles. The van der Waals surface area contributed by atoms with E-state index in [0.717, 1.165) is 5.56 Å².